The predicted molar refractivity (Wildman–Crippen MR) is 35.8 cm³/mol. The lowest BCUT2D eigenvalue weighted by molar-refractivity contribution is -0.0970. The van der Waals surface area contributed by atoms with Crippen molar-refractivity contribution in [2.45, 2.75) is 40.0 Å². The van der Waals surface area contributed by atoms with Gasteiger partial charge in [0.05, 0.1) is 0 Å². The summed E-state index contributed by atoms with van der Waals surface area (Å²) in [6.07, 6.45) is 0.181. The third-order valence-corrected chi connectivity index (χ3v) is 0.853. The maximum absolute atomic E-state index is 12.4. The van der Waals surface area contributed by atoms with Gasteiger partial charge in [-0.05, 0) is 12.3 Å². The van der Waals surface area contributed by atoms with Crippen molar-refractivity contribution in [1.29, 1.82) is 0 Å². The molecule has 0 rings (SSSR count). The van der Waals surface area contributed by atoms with E-state index < -0.39 is 5.85 Å². The molecule has 1 atom stereocenters. The molecule has 0 aliphatic carbocycles. The van der Waals surface area contributed by atoms with Crippen LogP contribution in [0.25, 0.3) is 0 Å². The lowest BCUT2D eigenvalue weighted by atomic mass is 9.89. The SMILES string of the molecule is CC(C)(C)CC(C)(O)F. The van der Waals surface area contributed by atoms with Gasteiger partial charge < -0.3 is 5.11 Å². The van der Waals surface area contributed by atoms with E-state index >= 15 is 0 Å². The molecule has 0 aromatic heterocycles. The van der Waals surface area contributed by atoms with Crippen molar-refractivity contribution in [1.82, 2.24) is 0 Å². The normalized spacial score (nSPS) is 19.3. The van der Waals surface area contributed by atoms with E-state index in [4.69, 9.17) is 5.11 Å². The second-order valence-corrected chi connectivity index (χ2v) is 3.88. The highest BCUT2D eigenvalue weighted by Crippen LogP contribution is 2.27. The molecule has 2 heteroatoms. The molecule has 0 aliphatic rings. The lowest BCUT2D eigenvalue weighted by Crippen LogP contribution is -2.24. The van der Waals surface area contributed by atoms with Crippen molar-refractivity contribution in [3.8, 4) is 0 Å². The van der Waals surface area contributed by atoms with Crippen molar-refractivity contribution in [3.63, 3.8) is 0 Å². The quantitative estimate of drug-likeness (QED) is 0.582. The first-order chi connectivity index (χ1) is 3.71. The number of aliphatic hydroxyl groups is 1. The van der Waals surface area contributed by atoms with Gasteiger partial charge in [-0.2, -0.15) is 0 Å². The molecule has 0 radical (unpaired) electrons. The Balaban J connectivity index is 3.75. The van der Waals surface area contributed by atoms with Gasteiger partial charge in [-0.25, -0.2) is 4.39 Å². The lowest BCUT2D eigenvalue weighted by Gasteiger charge is -2.23. The van der Waals surface area contributed by atoms with Crippen molar-refractivity contribution < 1.29 is 9.50 Å². The van der Waals surface area contributed by atoms with Gasteiger partial charge in [-0.1, -0.05) is 20.8 Å². The standard InChI is InChI=1S/C7H15FO/c1-6(2,3)5-7(4,8)9/h9H,5H2,1-4H3. The first-order valence-electron chi connectivity index (χ1n) is 3.12. The summed E-state index contributed by atoms with van der Waals surface area (Å²) in [5, 5.41) is 8.69. The van der Waals surface area contributed by atoms with Crippen LogP contribution in [-0.4, -0.2) is 11.0 Å². The minimum Gasteiger partial charge on any atom is -0.362 e. The third kappa shape index (κ3) is 7.89. The van der Waals surface area contributed by atoms with Crippen LogP contribution in [0.15, 0.2) is 0 Å². The summed E-state index contributed by atoms with van der Waals surface area (Å²) in [5.74, 6) is -2.02. The van der Waals surface area contributed by atoms with Crippen LogP contribution in [0.1, 0.15) is 34.1 Å². The Hall–Kier alpha value is -0.110. The molecule has 0 heterocycles. The van der Waals surface area contributed by atoms with Gasteiger partial charge in [0, 0.05) is 6.42 Å². The molecule has 0 aromatic rings. The topological polar surface area (TPSA) is 20.2 Å². The van der Waals surface area contributed by atoms with Crippen LogP contribution in [-0.2, 0) is 0 Å². The summed E-state index contributed by atoms with van der Waals surface area (Å²) in [5.41, 5.74) is -0.141. The first kappa shape index (κ1) is 8.89. The Morgan fingerprint density at radius 3 is 1.56 bits per heavy atom. The fraction of sp³-hybridized carbons (Fsp3) is 1.00. The van der Waals surface area contributed by atoms with Crippen molar-refractivity contribution in [3.05, 3.63) is 0 Å². The molecule has 56 valence electrons. The smallest absolute Gasteiger partial charge is 0.204 e. The summed E-state index contributed by atoms with van der Waals surface area (Å²) in [7, 11) is 0. The van der Waals surface area contributed by atoms with Gasteiger partial charge in [-0.15, -0.1) is 0 Å². The van der Waals surface area contributed by atoms with Gasteiger partial charge in [0.25, 0.3) is 0 Å². The summed E-state index contributed by atoms with van der Waals surface area (Å²) in [6, 6.07) is 0. The second-order valence-electron chi connectivity index (χ2n) is 3.88. The Kier molecular flexibility index (Phi) is 2.23. The number of hydrogen-bond acceptors (Lipinski definition) is 1. The highest BCUT2D eigenvalue weighted by atomic mass is 19.2. The summed E-state index contributed by atoms with van der Waals surface area (Å²) in [4.78, 5) is 0. The van der Waals surface area contributed by atoms with E-state index in [1.165, 1.54) is 6.92 Å². The summed E-state index contributed by atoms with van der Waals surface area (Å²) >= 11 is 0. The monoisotopic (exact) mass is 134 g/mol. The van der Waals surface area contributed by atoms with Crippen LogP contribution in [0.4, 0.5) is 4.39 Å². The minimum atomic E-state index is -2.02. The average Bonchev–Trinajstić information content (AvgIpc) is 1.14. The molecule has 0 bridgehead atoms. The molecular weight excluding hydrogens is 119 g/mol. The molecule has 0 amide bonds. The molecule has 0 spiro atoms. The maximum atomic E-state index is 12.4. The van der Waals surface area contributed by atoms with Crippen molar-refractivity contribution in [2.75, 3.05) is 0 Å². The maximum Gasteiger partial charge on any atom is 0.204 e. The van der Waals surface area contributed by atoms with Crippen LogP contribution in [0.3, 0.4) is 0 Å². The Labute approximate surface area is 55.9 Å². The first-order valence-corrected chi connectivity index (χ1v) is 3.12. The zero-order chi connectivity index (χ0) is 7.71. The van der Waals surface area contributed by atoms with E-state index in [0.29, 0.717) is 0 Å². The molecule has 9 heavy (non-hydrogen) atoms. The fourth-order valence-corrected chi connectivity index (χ4v) is 0.968. The van der Waals surface area contributed by atoms with E-state index in [9.17, 15) is 4.39 Å². The number of rotatable bonds is 1. The molecule has 1 unspecified atom stereocenters. The Morgan fingerprint density at radius 1 is 1.22 bits per heavy atom. The second kappa shape index (κ2) is 2.25. The van der Waals surface area contributed by atoms with Crippen molar-refractivity contribution in [2.24, 2.45) is 5.41 Å². The van der Waals surface area contributed by atoms with E-state index in [0.717, 1.165) is 0 Å². The van der Waals surface area contributed by atoms with Gasteiger partial charge >= 0.3 is 0 Å². The van der Waals surface area contributed by atoms with Crippen LogP contribution in [0.2, 0.25) is 0 Å². The molecule has 0 aliphatic heterocycles. The van der Waals surface area contributed by atoms with Crippen LogP contribution in [0, 0.1) is 5.41 Å². The molecule has 1 nitrogen and oxygen atoms in total. The molecule has 0 saturated heterocycles. The predicted octanol–water partition coefficient (Wildman–Crippen LogP) is 2.10. The minimum absolute atomic E-state index is 0.141. The summed E-state index contributed by atoms with van der Waals surface area (Å²) in [6.45, 7) is 6.85. The van der Waals surface area contributed by atoms with E-state index in [1.54, 1.807) is 0 Å². The molecule has 0 fully saturated rings. The van der Waals surface area contributed by atoms with Gasteiger partial charge in [-0.3, -0.25) is 0 Å². The molecule has 1 N–H and O–H groups in total. The van der Waals surface area contributed by atoms with Gasteiger partial charge in [0.15, 0.2) is 0 Å². The zero-order valence-electron chi connectivity index (χ0n) is 6.53. The Bertz CT molecular complexity index is 74.1. The third-order valence-electron chi connectivity index (χ3n) is 0.853. The molecule has 0 aromatic carbocycles. The summed E-state index contributed by atoms with van der Waals surface area (Å²) < 4.78 is 12.4. The number of hydrogen-bond donors (Lipinski definition) is 1. The fourth-order valence-electron chi connectivity index (χ4n) is 0.968. The van der Waals surface area contributed by atoms with Crippen LogP contribution >= 0.6 is 0 Å². The number of halogens is 1. The van der Waals surface area contributed by atoms with Crippen LogP contribution < -0.4 is 0 Å². The molecule has 0 saturated carbocycles. The highest BCUT2D eigenvalue weighted by Gasteiger charge is 2.26. The average molecular weight is 134 g/mol. The van der Waals surface area contributed by atoms with Crippen LogP contribution in [0.5, 0.6) is 0 Å². The van der Waals surface area contributed by atoms with Gasteiger partial charge in [0.1, 0.15) is 0 Å². The number of alkyl halides is 1. The van der Waals surface area contributed by atoms with E-state index in [1.807, 2.05) is 20.8 Å². The Morgan fingerprint density at radius 2 is 1.56 bits per heavy atom. The van der Waals surface area contributed by atoms with E-state index in [2.05, 4.69) is 0 Å². The van der Waals surface area contributed by atoms with Gasteiger partial charge in [0.2, 0.25) is 5.85 Å². The highest BCUT2D eigenvalue weighted by molar-refractivity contribution is 4.69. The molecular formula is C7H15FO. The zero-order valence-corrected chi connectivity index (χ0v) is 6.53. The largest absolute Gasteiger partial charge is 0.362 e. The van der Waals surface area contributed by atoms with E-state index in [-0.39, 0.29) is 11.8 Å². The van der Waals surface area contributed by atoms with Crippen molar-refractivity contribution >= 4 is 0 Å².